The van der Waals surface area contributed by atoms with E-state index in [1.54, 1.807) is 0 Å². The number of benzene rings is 1. The zero-order chi connectivity index (χ0) is 13.8. The first-order chi connectivity index (χ1) is 9.17. The van der Waals surface area contributed by atoms with Crippen LogP contribution < -0.4 is 5.32 Å². The highest BCUT2D eigenvalue weighted by atomic mass is 16.1. The average Bonchev–Trinajstić information content (AvgIpc) is 2.78. The molecule has 0 aliphatic heterocycles. The van der Waals surface area contributed by atoms with Gasteiger partial charge in [-0.3, -0.25) is 9.69 Å². The summed E-state index contributed by atoms with van der Waals surface area (Å²) in [7, 11) is 1.96. The maximum Gasteiger partial charge on any atom is 0.254 e. The molecule has 0 unspecified atom stereocenters. The van der Waals surface area contributed by atoms with Crippen molar-refractivity contribution < 1.29 is 4.79 Å². The maximum absolute atomic E-state index is 12.3. The van der Waals surface area contributed by atoms with Crippen molar-refractivity contribution in [3.8, 4) is 0 Å². The van der Waals surface area contributed by atoms with E-state index in [2.05, 4.69) is 24.1 Å². The van der Waals surface area contributed by atoms with Crippen molar-refractivity contribution in [1.29, 1.82) is 0 Å². The molecule has 1 aromatic heterocycles. The molecule has 2 rings (SSSR count). The Hall–Kier alpha value is -1.81. The zero-order valence-corrected chi connectivity index (χ0v) is 11.8. The number of hydrogen-bond acceptors (Lipinski definition) is 2. The third kappa shape index (κ3) is 2.79. The molecule has 4 nitrogen and oxygen atoms in total. The minimum absolute atomic E-state index is 0.0105. The van der Waals surface area contributed by atoms with Crippen LogP contribution in [0.1, 0.15) is 24.2 Å². The third-order valence-electron chi connectivity index (χ3n) is 3.50. The highest BCUT2D eigenvalue weighted by Crippen LogP contribution is 2.19. The Morgan fingerprint density at radius 1 is 1.26 bits per heavy atom. The van der Waals surface area contributed by atoms with E-state index in [9.17, 15) is 4.79 Å². The minimum Gasteiger partial charge on any atom is -0.350 e. The quantitative estimate of drug-likeness (QED) is 0.836. The van der Waals surface area contributed by atoms with Crippen LogP contribution in [-0.4, -0.2) is 35.1 Å². The van der Waals surface area contributed by atoms with Crippen molar-refractivity contribution in [2.45, 2.75) is 13.8 Å². The average molecular weight is 259 g/mol. The Morgan fingerprint density at radius 2 is 1.95 bits per heavy atom. The predicted octanol–water partition coefficient (Wildman–Crippen LogP) is 2.21. The second-order valence-electron chi connectivity index (χ2n) is 4.64. The number of nitrogens with zero attached hydrogens (tertiary/aromatic N) is 2. The minimum atomic E-state index is -0.0105. The fourth-order valence-corrected chi connectivity index (χ4v) is 2.25. The molecule has 1 heterocycles. The highest BCUT2D eigenvalue weighted by Gasteiger charge is 2.13. The number of rotatable bonds is 5. The Kier molecular flexibility index (Phi) is 4.22. The molecule has 0 fully saturated rings. The van der Waals surface area contributed by atoms with Gasteiger partial charge < -0.3 is 9.88 Å². The van der Waals surface area contributed by atoms with Crippen LogP contribution in [0.4, 0.5) is 0 Å². The van der Waals surface area contributed by atoms with Crippen LogP contribution in [0.2, 0.25) is 0 Å². The summed E-state index contributed by atoms with van der Waals surface area (Å²) in [5.74, 6) is -0.0105. The lowest BCUT2D eigenvalue weighted by Crippen LogP contribution is -2.37. The second kappa shape index (κ2) is 5.89. The summed E-state index contributed by atoms with van der Waals surface area (Å²) in [5, 5.41) is 3.98. The first-order valence-corrected chi connectivity index (χ1v) is 6.72. The van der Waals surface area contributed by atoms with Gasteiger partial charge in [-0.05, 0) is 19.2 Å². The van der Waals surface area contributed by atoms with Crippen molar-refractivity contribution in [1.82, 2.24) is 14.8 Å². The summed E-state index contributed by atoms with van der Waals surface area (Å²) in [6.07, 6.45) is 1.89. The van der Waals surface area contributed by atoms with Gasteiger partial charge in [-0.1, -0.05) is 32.0 Å². The molecule has 0 atom stereocenters. The summed E-state index contributed by atoms with van der Waals surface area (Å²) >= 11 is 0. The summed E-state index contributed by atoms with van der Waals surface area (Å²) in [5.41, 5.74) is 1.82. The number of nitrogens with one attached hydrogen (secondary N) is 1. The summed E-state index contributed by atoms with van der Waals surface area (Å²) in [4.78, 5) is 14.4. The number of hydrogen-bond donors (Lipinski definition) is 1. The lowest BCUT2D eigenvalue weighted by atomic mass is 10.1. The van der Waals surface area contributed by atoms with E-state index in [0.29, 0.717) is 6.67 Å². The fourth-order valence-electron chi connectivity index (χ4n) is 2.25. The van der Waals surface area contributed by atoms with Crippen LogP contribution >= 0.6 is 0 Å². The van der Waals surface area contributed by atoms with Crippen molar-refractivity contribution >= 4 is 16.8 Å². The summed E-state index contributed by atoms with van der Waals surface area (Å²) in [6.45, 7) is 6.65. The topological polar surface area (TPSA) is 37.3 Å². The lowest BCUT2D eigenvalue weighted by Gasteiger charge is -2.18. The molecule has 0 spiro atoms. The van der Waals surface area contributed by atoms with E-state index in [1.807, 2.05) is 42.1 Å². The molecule has 1 aromatic carbocycles. The molecular formula is C15H21N3O. The molecule has 4 heteroatoms. The second-order valence-corrected chi connectivity index (χ2v) is 4.64. The number of aryl methyl sites for hydroxylation is 1. The zero-order valence-electron chi connectivity index (χ0n) is 11.8. The Morgan fingerprint density at radius 3 is 2.63 bits per heavy atom. The summed E-state index contributed by atoms with van der Waals surface area (Å²) < 4.78 is 1.99. The molecule has 0 aliphatic rings. The Labute approximate surface area is 114 Å². The fraction of sp³-hybridized carbons (Fsp3) is 0.400. The number of para-hydroxylation sites is 1. The van der Waals surface area contributed by atoms with Gasteiger partial charge in [0.1, 0.15) is 0 Å². The first kappa shape index (κ1) is 13.6. The van der Waals surface area contributed by atoms with Crippen molar-refractivity contribution in [3.63, 3.8) is 0 Å². The van der Waals surface area contributed by atoms with Crippen LogP contribution in [0.3, 0.4) is 0 Å². The van der Waals surface area contributed by atoms with E-state index in [-0.39, 0.29) is 5.91 Å². The largest absolute Gasteiger partial charge is 0.350 e. The van der Waals surface area contributed by atoms with Crippen LogP contribution in [0.15, 0.2) is 30.5 Å². The van der Waals surface area contributed by atoms with E-state index in [4.69, 9.17) is 0 Å². The first-order valence-electron chi connectivity index (χ1n) is 6.72. The molecule has 0 bridgehead atoms. The maximum atomic E-state index is 12.3. The monoisotopic (exact) mass is 259 g/mol. The summed E-state index contributed by atoms with van der Waals surface area (Å²) in [6, 6.07) is 7.96. The van der Waals surface area contributed by atoms with E-state index in [0.717, 1.165) is 29.6 Å². The van der Waals surface area contributed by atoms with Crippen LogP contribution in [0, 0.1) is 0 Å². The molecule has 102 valence electrons. The van der Waals surface area contributed by atoms with Gasteiger partial charge in [-0.2, -0.15) is 0 Å². The molecule has 1 N–H and O–H groups in total. The highest BCUT2D eigenvalue weighted by molar-refractivity contribution is 6.06. The molecule has 0 saturated carbocycles. The van der Waals surface area contributed by atoms with Gasteiger partial charge >= 0.3 is 0 Å². The number of amides is 1. The van der Waals surface area contributed by atoms with Gasteiger partial charge in [0.2, 0.25) is 0 Å². The number of fused-ring (bicyclic) bond motifs is 1. The number of carbonyl (C=O) groups is 1. The van der Waals surface area contributed by atoms with E-state index >= 15 is 0 Å². The van der Waals surface area contributed by atoms with Gasteiger partial charge in [0, 0.05) is 24.1 Å². The number of aromatic nitrogens is 1. The van der Waals surface area contributed by atoms with Gasteiger partial charge in [-0.15, -0.1) is 0 Å². The SMILES string of the molecule is CCN(CC)CNC(=O)c1cn(C)c2ccccc12. The third-order valence-corrected chi connectivity index (χ3v) is 3.50. The lowest BCUT2D eigenvalue weighted by molar-refractivity contribution is 0.0927. The Bertz CT molecular complexity index is 570. The molecule has 1 amide bonds. The van der Waals surface area contributed by atoms with Gasteiger partial charge in [0.25, 0.3) is 5.91 Å². The van der Waals surface area contributed by atoms with Gasteiger partial charge in [-0.25, -0.2) is 0 Å². The van der Waals surface area contributed by atoms with E-state index in [1.165, 1.54) is 0 Å². The van der Waals surface area contributed by atoms with Crippen molar-refractivity contribution in [2.75, 3.05) is 19.8 Å². The van der Waals surface area contributed by atoms with E-state index < -0.39 is 0 Å². The molecule has 2 aromatic rings. The molecule has 0 aliphatic carbocycles. The van der Waals surface area contributed by atoms with Gasteiger partial charge in [0.15, 0.2) is 0 Å². The normalized spacial score (nSPS) is 11.2. The molecule has 19 heavy (non-hydrogen) atoms. The standard InChI is InChI=1S/C15H21N3O/c1-4-18(5-2)11-16-15(19)13-10-17(3)14-9-7-6-8-12(13)14/h6-10H,4-5,11H2,1-3H3,(H,16,19). The van der Waals surface area contributed by atoms with Crippen molar-refractivity contribution in [2.24, 2.45) is 7.05 Å². The molecule has 0 radical (unpaired) electrons. The van der Waals surface area contributed by atoms with Crippen LogP contribution in [0.5, 0.6) is 0 Å². The smallest absolute Gasteiger partial charge is 0.254 e. The van der Waals surface area contributed by atoms with Crippen molar-refractivity contribution in [3.05, 3.63) is 36.0 Å². The number of carbonyl (C=O) groups excluding carboxylic acids is 1. The molecule has 0 saturated heterocycles. The van der Waals surface area contributed by atoms with Gasteiger partial charge in [0.05, 0.1) is 12.2 Å². The van der Waals surface area contributed by atoms with Crippen LogP contribution in [0.25, 0.3) is 10.9 Å². The Balaban J connectivity index is 2.18. The predicted molar refractivity (Wildman–Crippen MR) is 78.2 cm³/mol. The molecular weight excluding hydrogens is 238 g/mol. The van der Waals surface area contributed by atoms with Crippen LogP contribution in [-0.2, 0) is 7.05 Å².